The predicted octanol–water partition coefficient (Wildman–Crippen LogP) is 5.30. The number of nitrogens with one attached hydrogen (secondary N) is 1. The first-order chi connectivity index (χ1) is 14.4. The highest BCUT2D eigenvalue weighted by atomic mass is 16.5. The van der Waals surface area contributed by atoms with E-state index in [9.17, 15) is 4.79 Å². The van der Waals surface area contributed by atoms with Crippen LogP contribution >= 0.6 is 0 Å². The van der Waals surface area contributed by atoms with Gasteiger partial charge in [0.1, 0.15) is 17.0 Å². The number of rotatable bonds is 6. The van der Waals surface area contributed by atoms with Crippen molar-refractivity contribution < 1.29 is 18.7 Å². The molecule has 4 rings (SSSR count). The van der Waals surface area contributed by atoms with Gasteiger partial charge in [0.15, 0.2) is 11.2 Å². The lowest BCUT2D eigenvalue weighted by Gasteiger charge is -2.25. The van der Waals surface area contributed by atoms with E-state index in [2.05, 4.69) is 10.3 Å². The van der Waals surface area contributed by atoms with Crippen LogP contribution in [0.15, 0.2) is 77.2 Å². The van der Waals surface area contributed by atoms with Crippen LogP contribution in [-0.4, -0.2) is 23.6 Å². The number of amides is 1. The maximum atomic E-state index is 12.8. The zero-order valence-electron chi connectivity index (χ0n) is 17.0. The van der Waals surface area contributed by atoms with Crippen LogP contribution in [0.3, 0.4) is 0 Å². The molecule has 4 aromatic rings. The number of para-hydroxylation sites is 1. The van der Waals surface area contributed by atoms with Crippen LogP contribution in [0, 0.1) is 0 Å². The van der Waals surface area contributed by atoms with Gasteiger partial charge in [-0.25, -0.2) is 4.98 Å². The van der Waals surface area contributed by atoms with Crippen molar-refractivity contribution in [2.45, 2.75) is 19.4 Å². The van der Waals surface area contributed by atoms with Crippen molar-refractivity contribution in [2.24, 2.45) is 0 Å². The number of carbonyl (C=O) groups is 1. The lowest BCUT2D eigenvalue weighted by molar-refractivity contribution is -0.128. The Morgan fingerprint density at radius 2 is 1.77 bits per heavy atom. The summed E-state index contributed by atoms with van der Waals surface area (Å²) in [6, 6.07) is 22.1. The molecule has 0 fully saturated rings. The van der Waals surface area contributed by atoms with E-state index in [1.807, 2.05) is 72.8 Å². The number of fused-ring (bicyclic) bond motifs is 1. The molecule has 152 valence electrons. The lowest BCUT2D eigenvalue weighted by atomic mass is 10.1. The van der Waals surface area contributed by atoms with E-state index in [1.165, 1.54) is 0 Å². The largest absolute Gasteiger partial charge is 0.497 e. The molecule has 1 heterocycles. The molecule has 0 unspecified atom stereocenters. The Labute approximate surface area is 174 Å². The first-order valence-electron chi connectivity index (χ1n) is 9.55. The maximum absolute atomic E-state index is 12.8. The smallest absolute Gasteiger partial charge is 0.267 e. The monoisotopic (exact) mass is 402 g/mol. The molecular formula is C24H22N2O4. The highest BCUT2D eigenvalue weighted by Gasteiger charge is 2.30. The molecular weight excluding hydrogens is 380 g/mol. The van der Waals surface area contributed by atoms with E-state index in [0.29, 0.717) is 34.2 Å². The highest BCUT2D eigenvalue weighted by Crippen LogP contribution is 2.28. The molecule has 0 saturated heterocycles. The Hall–Kier alpha value is -3.80. The van der Waals surface area contributed by atoms with Gasteiger partial charge in [-0.15, -0.1) is 0 Å². The molecule has 1 aromatic heterocycles. The number of benzene rings is 3. The minimum Gasteiger partial charge on any atom is -0.497 e. The second kappa shape index (κ2) is 7.91. The van der Waals surface area contributed by atoms with Gasteiger partial charge in [0.2, 0.25) is 5.89 Å². The molecule has 0 aliphatic heterocycles. The second-order valence-corrected chi connectivity index (χ2v) is 7.31. The molecule has 0 spiro atoms. The zero-order chi connectivity index (χ0) is 21.1. The van der Waals surface area contributed by atoms with E-state index in [0.717, 1.165) is 5.56 Å². The van der Waals surface area contributed by atoms with E-state index >= 15 is 0 Å². The molecule has 3 aromatic carbocycles. The summed E-state index contributed by atoms with van der Waals surface area (Å²) in [6.07, 6.45) is 0. The Bertz CT molecular complexity index is 1180. The van der Waals surface area contributed by atoms with Crippen LogP contribution in [0.2, 0.25) is 0 Å². The summed E-state index contributed by atoms with van der Waals surface area (Å²) in [6.45, 7) is 3.46. The Balaban J connectivity index is 1.54. The molecule has 6 heteroatoms. The summed E-state index contributed by atoms with van der Waals surface area (Å²) in [5, 5.41) is 2.91. The molecule has 0 atom stereocenters. The van der Waals surface area contributed by atoms with Crippen molar-refractivity contribution in [1.29, 1.82) is 0 Å². The van der Waals surface area contributed by atoms with Crippen molar-refractivity contribution >= 4 is 22.7 Å². The average molecular weight is 402 g/mol. The van der Waals surface area contributed by atoms with Crippen LogP contribution in [0.25, 0.3) is 22.6 Å². The number of hydrogen-bond acceptors (Lipinski definition) is 5. The van der Waals surface area contributed by atoms with Gasteiger partial charge in [-0.05, 0) is 56.3 Å². The van der Waals surface area contributed by atoms with Crippen LogP contribution in [-0.2, 0) is 4.79 Å². The van der Waals surface area contributed by atoms with Crippen LogP contribution in [0.1, 0.15) is 13.8 Å². The SMILES string of the molecule is COc1ccc2oc(-c3cccc(NC(=O)C(C)(C)Oc4ccccc4)c3)nc2c1. The zero-order valence-corrected chi connectivity index (χ0v) is 17.0. The van der Waals surface area contributed by atoms with Crippen LogP contribution in [0.4, 0.5) is 5.69 Å². The van der Waals surface area contributed by atoms with Gasteiger partial charge < -0.3 is 19.2 Å². The molecule has 1 N–H and O–H groups in total. The van der Waals surface area contributed by atoms with Crippen LogP contribution in [0.5, 0.6) is 11.5 Å². The topological polar surface area (TPSA) is 73.6 Å². The second-order valence-electron chi connectivity index (χ2n) is 7.31. The number of nitrogens with zero attached hydrogens (tertiary/aromatic N) is 1. The summed E-state index contributed by atoms with van der Waals surface area (Å²) >= 11 is 0. The molecule has 30 heavy (non-hydrogen) atoms. The summed E-state index contributed by atoms with van der Waals surface area (Å²) < 4.78 is 16.9. The molecule has 0 saturated carbocycles. The van der Waals surface area contributed by atoms with Gasteiger partial charge >= 0.3 is 0 Å². The summed E-state index contributed by atoms with van der Waals surface area (Å²) in [5.74, 6) is 1.55. The van der Waals surface area contributed by atoms with Gasteiger partial charge in [-0.2, -0.15) is 0 Å². The van der Waals surface area contributed by atoms with Crippen molar-refractivity contribution in [3.8, 4) is 23.0 Å². The summed E-state index contributed by atoms with van der Waals surface area (Å²) in [5.41, 5.74) is 1.70. The number of hydrogen-bond donors (Lipinski definition) is 1. The van der Waals surface area contributed by atoms with Crippen LogP contribution < -0.4 is 14.8 Å². The summed E-state index contributed by atoms with van der Waals surface area (Å²) in [7, 11) is 1.61. The number of carbonyl (C=O) groups excluding carboxylic acids is 1. The number of methoxy groups -OCH3 is 1. The molecule has 0 aliphatic carbocycles. The summed E-state index contributed by atoms with van der Waals surface area (Å²) in [4.78, 5) is 17.3. The molecule has 0 aliphatic rings. The quantitative estimate of drug-likeness (QED) is 0.474. The fourth-order valence-electron chi connectivity index (χ4n) is 3.00. The van der Waals surface area contributed by atoms with E-state index in [-0.39, 0.29) is 5.91 Å². The molecule has 1 amide bonds. The lowest BCUT2D eigenvalue weighted by Crippen LogP contribution is -2.42. The normalized spacial score (nSPS) is 11.3. The first-order valence-corrected chi connectivity index (χ1v) is 9.55. The number of aromatic nitrogens is 1. The van der Waals surface area contributed by atoms with Crippen molar-refractivity contribution in [3.05, 3.63) is 72.8 Å². The first kappa shape index (κ1) is 19.5. The Kier molecular flexibility index (Phi) is 5.14. The fraction of sp³-hybridized carbons (Fsp3) is 0.167. The third kappa shape index (κ3) is 4.12. The van der Waals surface area contributed by atoms with Gasteiger partial charge in [-0.3, -0.25) is 4.79 Å². The Morgan fingerprint density at radius 1 is 0.967 bits per heavy atom. The van der Waals surface area contributed by atoms with Gasteiger partial charge in [0.25, 0.3) is 5.91 Å². The van der Waals surface area contributed by atoms with E-state index in [1.54, 1.807) is 21.0 Å². The molecule has 0 radical (unpaired) electrons. The average Bonchev–Trinajstić information content (AvgIpc) is 3.17. The van der Waals surface area contributed by atoms with Gasteiger partial charge in [0.05, 0.1) is 7.11 Å². The third-order valence-corrected chi connectivity index (χ3v) is 4.63. The van der Waals surface area contributed by atoms with Crippen molar-refractivity contribution in [1.82, 2.24) is 4.98 Å². The van der Waals surface area contributed by atoms with E-state index in [4.69, 9.17) is 13.9 Å². The van der Waals surface area contributed by atoms with Crippen molar-refractivity contribution in [2.75, 3.05) is 12.4 Å². The maximum Gasteiger partial charge on any atom is 0.267 e. The minimum absolute atomic E-state index is 0.259. The molecule has 0 bridgehead atoms. The van der Waals surface area contributed by atoms with Gasteiger partial charge in [0, 0.05) is 17.3 Å². The fourth-order valence-corrected chi connectivity index (χ4v) is 3.00. The van der Waals surface area contributed by atoms with E-state index < -0.39 is 5.60 Å². The minimum atomic E-state index is -1.05. The van der Waals surface area contributed by atoms with Crippen molar-refractivity contribution in [3.63, 3.8) is 0 Å². The number of ether oxygens (including phenoxy) is 2. The highest BCUT2D eigenvalue weighted by molar-refractivity contribution is 5.97. The number of anilines is 1. The Morgan fingerprint density at radius 3 is 2.53 bits per heavy atom. The van der Waals surface area contributed by atoms with Gasteiger partial charge in [-0.1, -0.05) is 24.3 Å². The standard InChI is InChI=1S/C24H22N2O4/c1-24(2,30-18-10-5-4-6-11-18)23(27)25-17-9-7-8-16(14-17)22-26-20-15-19(28-3)12-13-21(20)29-22/h4-15H,1-3H3,(H,25,27). The molecule has 6 nitrogen and oxygen atoms in total. The predicted molar refractivity (Wildman–Crippen MR) is 116 cm³/mol. The third-order valence-electron chi connectivity index (χ3n) is 4.63. The number of oxazole rings is 1.